The van der Waals surface area contributed by atoms with Crippen LogP contribution in [0.3, 0.4) is 0 Å². The van der Waals surface area contributed by atoms with Crippen LogP contribution in [0.5, 0.6) is 0 Å². The molecular formula is C13H18O3. The van der Waals surface area contributed by atoms with Crippen LogP contribution in [0.4, 0.5) is 0 Å². The van der Waals surface area contributed by atoms with E-state index in [0.29, 0.717) is 23.7 Å². The third-order valence-corrected chi connectivity index (χ3v) is 4.23. The summed E-state index contributed by atoms with van der Waals surface area (Å²) in [5, 5.41) is 17.9. The molecule has 1 saturated heterocycles. The largest absolute Gasteiger partial charge is 0.394 e. The first kappa shape index (κ1) is 10.5. The molecule has 2 N–H and O–H groups in total. The lowest BCUT2D eigenvalue weighted by atomic mass is 9.80. The third kappa shape index (κ3) is 1.54. The lowest BCUT2D eigenvalue weighted by Gasteiger charge is -2.24. The quantitative estimate of drug-likeness (QED) is 0.544. The van der Waals surface area contributed by atoms with Gasteiger partial charge in [-0.25, -0.2) is 0 Å². The van der Waals surface area contributed by atoms with Crippen molar-refractivity contribution in [1.82, 2.24) is 0 Å². The Kier molecular flexibility index (Phi) is 2.62. The molecule has 3 nitrogen and oxygen atoms in total. The van der Waals surface area contributed by atoms with Crippen LogP contribution in [0.2, 0.25) is 0 Å². The Morgan fingerprint density at radius 1 is 1.25 bits per heavy atom. The molecule has 0 spiro atoms. The molecule has 1 aliphatic heterocycles. The van der Waals surface area contributed by atoms with Crippen LogP contribution in [0.1, 0.15) is 6.42 Å². The van der Waals surface area contributed by atoms with Crippen LogP contribution in [0, 0.1) is 23.7 Å². The molecule has 2 bridgehead atoms. The van der Waals surface area contributed by atoms with Crippen molar-refractivity contribution in [2.24, 2.45) is 23.7 Å². The smallest absolute Gasteiger partial charge is 0.107 e. The van der Waals surface area contributed by atoms with Gasteiger partial charge in [-0.3, -0.25) is 0 Å². The van der Waals surface area contributed by atoms with Gasteiger partial charge >= 0.3 is 0 Å². The highest BCUT2D eigenvalue weighted by molar-refractivity contribution is 5.21. The number of epoxide rings is 1. The number of ether oxygens (including phenoxy) is 1. The second kappa shape index (κ2) is 3.99. The minimum atomic E-state index is 0.0581. The molecule has 0 aromatic carbocycles. The molecule has 0 radical (unpaired) electrons. The van der Waals surface area contributed by atoms with Crippen molar-refractivity contribution in [1.29, 1.82) is 0 Å². The van der Waals surface area contributed by atoms with Crippen molar-refractivity contribution >= 4 is 0 Å². The van der Waals surface area contributed by atoms with Crippen LogP contribution in [-0.4, -0.2) is 35.6 Å². The van der Waals surface area contributed by atoms with E-state index >= 15 is 0 Å². The number of aliphatic hydroxyl groups is 2. The lowest BCUT2D eigenvalue weighted by Crippen LogP contribution is -2.25. The first-order chi connectivity index (χ1) is 7.85. The first-order valence-electron chi connectivity index (χ1n) is 6.07. The Bertz CT molecular complexity index is 323. The van der Waals surface area contributed by atoms with Gasteiger partial charge in [-0.1, -0.05) is 24.3 Å². The molecule has 3 heteroatoms. The fourth-order valence-electron chi connectivity index (χ4n) is 3.49. The Morgan fingerprint density at radius 3 is 2.75 bits per heavy atom. The van der Waals surface area contributed by atoms with E-state index in [1.54, 1.807) is 0 Å². The van der Waals surface area contributed by atoms with Crippen LogP contribution < -0.4 is 0 Å². The Balaban J connectivity index is 1.75. The van der Waals surface area contributed by atoms with Gasteiger partial charge in [0.05, 0.1) is 19.3 Å². The number of allylic oxidation sites excluding steroid dienone is 3. The molecule has 88 valence electrons. The first-order valence-corrected chi connectivity index (χ1v) is 6.07. The average Bonchev–Trinajstić information content (AvgIpc) is 2.80. The summed E-state index contributed by atoms with van der Waals surface area (Å²) in [6, 6.07) is 0. The third-order valence-electron chi connectivity index (χ3n) is 4.23. The van der Waals surface area contributed by atoms with Crippen molar-refractivity contribution in [3.05, 3.63) is 24.3 Å². The molecule has 1 heterocycles. The Morgan fingerprint density at radius 2 is 2.06 bits per heavy atom. The summed E-state index contributed by atoms with van der Waals surface area (Å²) in [6.45, 7) is 0.248. The van der Waals surface area contributed by atoms with E-state index < -0.39 is 0 Å². The van der Waals surface area contributed by atoms with Crippen molar-refractivity contribution in [2.45, 2.75) is 18.6 Å². The van der Waals surface area contributed by atoms with Crippen LogP contribution in [0.25, 0.3) is 0 Å². The molecule has 0 amide bonds. The molecule has 3 aliphatic rings. The molecular weight excluding hydrogens is 204 g/mol. The van der Waals surface area contributed by atoms with Gasteiger partial charge in [0.25, 0.3) is 0 Å². The van der Waals surface area contributed by atoms with Crippen molar-refractivity contribution in [2.75, 3.05) is 13.2 Å². The maximum Gasteiger partial charge on any atom is 0.107 e. The molecule has 16 heavy (non-hydrogen) atoms. The van der Waals surface area contributed by atoms with Gasteiger partial charge in [0, 0.05) is 5.92 Å². The minimum Gasteiger partial charge on any atom is -0.394 e. The number of hydrogen-bond acceptors (Lipinski definition) is 3. The van der Waals surface area contributed by atoms with Gasteiger partial charge in [-0.15, -0.1) is 0 Å². The van der Waals surface area contributed by atoms with E-state index in [-0.39, 0.29) is 25.4 Å². The molecule has 0 unspecified atom stereocenters. The highest BCUT2D eigenvalue weighted by Crippen LogP contribution is 2.54. The van der Waals surface area contributed by atoms with Crippen molar-refractivity contribution in [3.63, 3.8) is 0 Å². The second-order valence-corrected chi connectivity index (χ2v) is 5.04. The fraction of sp³-hybridized carbons (Fsp3) is 0.692. The Labute approximate surface area is 95.4 Å². The van der Waals surface area contributed by atoms with E-state index in [0.717, 1.165) is 0 Å². The SMILES string of the molecule is OC/C=C/[C@@H]1[C@H]([C@@H]2O[C@H]2CO)[C@@H]2C=C[C@H]1C2. The van der Waals surface area contributed by atoms with Gasteiger partial charge in [-0.05, 0) is 24.2 Å². The van der Waals surface area contributed by atoms with Gasteiger partial charge in [0.2, 0.25) is 0 Å². The standard InChI is InChI=1S/C13H18O3/c14-5-1-2-10-8-3-4-9(6-8)12(10)13-11(7-15)16-13/h1-4,8-15H,5-7H2/b2-1+/t8-,9+,10-,11-,12+,13+/m0/s1. The van der Waals surface area contributed by atoms with Crippen LogP contribution in [-0.2, 0) is 4.74 Å². The fourth-order valence-corrected chi connectivity index (χ4v) is 3.49. The molecule has 2 aliphatic carbocycles. The zero-order valence-electron chi connectivity index (χ0n) is 9.20. The minimum absolute atomic E-state index is 0.0581. The summed E-state index contributed by atoms with van der Waals surface area (Å²) in [4.78, 5) is 0. The zero-order valence-corrected chi connectivity index (χ0v) is 9.20. The summed E-state index contributed by atoms with van der Waals surface area (Å²) < 4.78 is 5.53. The van der Waals surface area contributed by atoms with E-state index in [1.165, 1.54) is 6.42 Å². The zero-order chi connectivity index (χ0) is 11.1. The van der Waals surface area contributed by atoms with Crippen LogP contribution in [0.15, 0.2) is 24.3 Å². The van der Waals surface area contributed by atoms with Gasteiger partial charge in [-0.2, -0.15) is 0 Å². The van der Waals surface area contributed by atoms with E-state index in [2.05, 4.69) is 18.2 Å². The highest BCUT2D eigenvalue weighted by atomic mass is 16.6. The highest BCUT2D eigenvalue weighted by Gasteiger charge is 2.55. The van der Waals surface area contributed by atoms with Crippen molar-refractivity contribution < 1.29 is 14.9 Å². The van der Waals surface area contributed by atoms with E-state index in [1.807, 2.05) is 6.08 Å². The summed E-state index contributed by atoms with van der Waals surface area (Å²) in [5.41, 5.74) is 0. The Hall–Kier alpha value is -0.640. The predicted molar refractivity (Wildman–Crippen MR) is 59.7 cm³/mol. The van der Waals surface area contributed by atoms with Gasteiger partial charge in [0.15, 0.2) is 0 Å². The molecule has 3 rings (SSSR count). The van der Waals surface area contributed by atoms with E-state index in [4.69, 9.17) is 14.9 Å². The van der Waals surface area contributed by atoms with Gasteiger partial charge < -0.3 is 14.9 Å². The number of hydrogen-bond donors (Lipinski definition) is 2. The van der Waals surface area contributed by atoms with E-state index in [9.17, 15) is 0 Å². The molecule has 2 fully saturated rings. The summed E-state index contributed by atoms with van der Waals surface area (Å²) in [7, 11) is 0. The predicted octanol–water partition coefficient (Wildman–Crippen LogP) is 0.733. The maximum absolute atomic E-state index is 9.07. The topological polar surface area (TPSA) is 53.0 Å². The molecule has 0 aromatic heterocycles. The lowest BCUT2D eigenvalue weighted by molar-refractivity contribution is 0.230. The summed E-state index contributed by atoms with van der Waals surface area (Å²) in [6.07, 6.45) is 10.1. The van der Waals surface area contributed by atoms with Gasteiger partial charge in [0.1, 0.15) is 6.10 Å². The maximum atomic E-state index is 9.07. The summed E-state index contributed by atoms with van der Waals surface area (Å²) in [5.74, 6) is 2.22. The van der Waals surface area contributed by atoms with Crippen molar-refractivity contribution in [3.8, 4) is 0 Å². The number of rotatable bonds is 4. The monoisotopic (exact) mass is 222 g/mol. The molecule has 1 saturated carbocycles. The molecule has 0 aromatic rings. The number of fused-ring (bicyclic) bond motifs is 2. The molecule has 6 atom stereocenters. The van der Waals surface area contributed by atoms with Crippen LogP contribution >= 0.6 is 0 Å². The summed E-state index contributed by atoms with van der Waals surface area (Å²) >= 11 is 0. The average molecular weight is 222 g/mol. The second-order valence-electron chi connectivity index (χ2n) is 5.04. The normalized spacial score (nSPS) is 49.4. The number of aliphatic hydroxyl groups excluding tert-OH is 2.